The maximum Gasteiger partial charge on any atom is 0.119 e. The minimum atomic E-state index is 0.0131. The van der Waals surface area contributed by atoms with Gasteiger partial charge in [-0.1, -0.05) is 12.1 Å². The second-order valence-electron chi connectivity index (χ2n) is 4.65. The van der Waals surface area contributed by atoms with Gasteiger partial charge in [-0.25, -0.2) is 0 Å². The van der Waals surface area contributed by atoms with Gasteiger partial charge in [0.1, 0.15) is 5.75 Å². The molecule has 3 rings (SSSR count). The van der Waals surface area contributed by atoms with E-state index in [0.717, 1.165) is 18.3 Å². The van der Waals surface area contributed by atoms with Gasteiger partial charge in [0, 0.05) is 0 Å². The standard InChI is InChI=1S/C13H16O2/c1-14-12-4-2-3-11(7-12)13-6-5-10(8-13)9-15-13/h2-4,7,10H,5-6,8-9H2,1H3. The highest BCUT2D eigenvalue weighted by molar-refractivity contribution is 5.34. The first-order valence-electron chi connectivity index (χ1n) is 5.61. The van der Waals surface area contributed by atoms with Crippen LogP contribution in [-0.2, 0) is 10.3 Å². The molecular weight excluding hydrogens is 188 g/mol. The fourth-order valence-electron chi connectivity index (χ4n) is 2.91. The normalized spacial score (nSPS) is 33.3. The van der Waals surface area contributed by atoms with Gasteiger partial charge in [-0.05, 0) is 42.9 Å². The highest BCUT2D eigenvalue weighted by Gasteiger charge is 2.47. The lowest BCUT2D eigenvalue weighted by Crippen LogP contribution is -2.23. The quantitative estimate of drug-likeness (QED) is 0.737. The SMILES string of the molecule is COc1cccc(C23CCC(CO2)C3)c1. The number of methoxy groups -OCH3 is 1. The first-order valence-corrected chi connectivity index (χ1v) is 5.61. The number of hydrogen-bond acceptors (Lipinski definition) is 2. The molecule has 1 aromatic rings. The first kappa shape index (κ1) is 9.22. The van der Waals surface area contributed by atoms with Gasteiger partial charge in [0.2, 0.25) is 0 Å². The second kappa shape index (κ2) is 3.24. The van der Waals surface area contributed by atoms with Crippen LogP contribution in [0.25, 0.3) is 0 Å². The Labute approximate surface area is 90.2 Å². The smallest absolute Gasteiger partial charge is 0.119 e. The van der Waals surface area contributed by atoms with Gasteiger partial charge in [0.15, 0.2) is 0 Å². The van der Waals surface area contributed by atoms with E-state index in [1.165, 1.54) is 24.8 Å². The molecule has 1 aromatic carbocycles. The summed E-state index contributed by atoms with van der Waals surface area (Å²) in [6.45, 7) is 0.942. The van der Waals surface area contributed by atoms with E-state index in [1.54, 1.807) is 7.11 Å². The van der Waals surface area contributed by atoms with E-state index in [0.29, 0.717) is 0 Å². The van der Waals surface area contributed by atoms with Crippen LogP contribution in [0.3, 0.4) is 0 Å². The van der Waals surface area contributed by atoms with E-state index in [-0.39, 0.29) is 5.60 Å². The molecule has 2 nitrogen and oxygen atoms in total. The molecule has 80 valence electrons. The molecule has 1 saturated heterocycles. The average molecular weight is 204 g/mol. The minimum absolute atomic E-state index is 0.0131. The summed E-state index contributed by atoms with van der Waals surface area (Å²) in [6.07, 6.45) is 3.68. The maximum atomic E-state index is 5.97. The molecule has 2 heteroatoms. The Balaban J connectivity index is 1.98. The van der Waals surface area contributed by atoms with Crippen molar-refractivity contribution in [3.05, 3.63) is 29.8 Å². The van der Waals surface area contributed by atoms with Gasteiger partial charge in [0.05, 0.1) is 19.3 Å². The molecule has 0 spiro atoms. The molecule has 0 amide bonds. The number of fused-ring (bicyclic) bond motifs is 2. The van der Waals surface area contributed by atoms with Crippen LogP contribution in [0, 0.1) is 5.92 Å². The second-order valence-corrected chi connectivity index (χ2v) is 4.65. The van der Waals surface area contributed by atoms with Crippen LogP contribution >= 0.6 is 0 Å². The fourth-order valence-corrected chi connectivity index (χ4v) is 2.91. The van der Waals surface area contributed by atoms with E-state index in [1.807, 2.05) is 6.07 Å². The lowest BCUT2D eigenvalue weighted by molar-refractivity contribution is -0.0209. The number of hydrogen-bond donors (Lipinski definition) is 0. The molecule has 2 unspecified atom stereocenters. The molecule has 1 saturated carbocycles. The van der Waals surface area contributed by atoms with Crippen LogP contribution in [-0.4, -0.2) is 13.7 Å². The summed E-state index contributed by atoms with van der Waals surface area (Å²) in [5.41, 5.74) is 1.31. The number of benzene rings is 1. The van der Waals surface area contributed by atoms with Crippen molar-refractivity contribution in [3.8, 4) is 5.75 Å². The van der Waals surface area contributed by atoms with E-state index < -0.39 is 0 Å². The monoisotopic (exact) mass is 204 g/mol. The Hall–Kier alpha value is -1.02. The largest absolute Gasteiger partial charge is 0.497 e. The van der Waals surface area contributed by atoms with Crippen molar-refractivity contribution >= 4 is 0 Å². The van der Waals surface area contributed by atoms with Crippen molar-refractivity contribution < 1.29 is 9.47 Å². The molecule has 0 radical (unpaired) electrons. The lowest BCUT2D eigenvalue weighted by atomic mass is 9.92. The molecule has 2 bridgehead atoms. The summed E-state index contributed by atoms with van der Waals surface area (Å²) in [5, 5.41) is 0. The predicted molar refractivity (Wildman–Crippen MR) is 58.0 cm³/mol. The van der Waals surface area contributed by atoms with Crippen LogP contribution < -0.4 is 4.74 Å². The number of rotatable bonds is 2. The van der Waals surface area contributed by atoms with E-state index in [4.69, 9.17) is 9.47 Å². The summed E-state index contributed by atoms with van der Waals surface area (Å²) in [7, 11) is 1.71. The van der Waals surface area contributed by atoms with Crippen LogP contribution in [0.15, 0.2) is 24.3 Å². The van der Waals surface area contributed by atoms with Crippen molar-refractivity contribution in [2.24, 2.45) is 5.92 Å². The van der Waals surface area contributed by atoms with Crippen molar-refractivity contribution in [3.63, 3.8) is 0 Å². The molecular formula is C13H16O2. The Kier molecular flexibility index (Phi) is 1.99. The van der Waals surface area contributed by atoms with Crippen LogP contribution in [0.4, 0.5) is 0 Å². The van der Waals surface area contributed by atoms with Gasteiger partial charge < -0.3 is 9.47 Å². The molecule has 2 atom stereocenters. The fraction of sp³-hybridized carbons (Fsp3) is 0.538. The van der Waals surface area contributed by atoms with Gasteiger partial charge in [0.25, 0.3) is 0 Å². The third kappa shape index (κ3) is 1.36. The van der Waals surface area contributed by atoms with Crippen LogP contribution in [0.2, 0.25) is 0 Å². The molecule has 1 heterocycles. The Morgan fingerprint density at radius 3 is 3.00 bits per heavy atom. The first-order chi connectivity index (χ1) is 7.32. The van der Waals surface area contributed by atoms with Crippen molar-refractivity contribution in [2.75, 3.05) is 13.7 Å². The van der Waals surface area contributed by atoms with Crippen LogP contribution in [0.5, 0.6) is 5.75 Å². The van der Waals surface area contributed by atoms with Gasteiger partial charge in [-0.15, -0.1) is 0 Å². The Bertz CT molecular complexity index is 365. The van der Waals surface area contributed by atoms with Crippen molar-refractivity contribution in [1.82, 2.24) is 0 Å². The molecule has 0 N–H and O–H groups in total. The molecule has 1 aliphatic carbocycles. The molecule has 2 fully saturated rings. The van der Waals surface area contributed by atoms with E-state index in [9.17, 15) is 0 Å². The minimum Gasteiger partial charge on any atom is -0.497 e. The highest BCUT2D eigenvalue weighted by atomic mass is 16.5. The van der Waals surface area contributed by atoms with E-state index >= 15 is 0 Å². The molecule has 15 heavy (non-hydrogen) atoms. The third-order valence-electron chi connectivity index (χ3n) is 3.77. The van der Waals surface area contributed by atoms with Gasteiger partial charge in [-0.2, -0.15) is 0 Å². The molecule has 1 aliphatic heterocycles. The Morgan fingerprint density at radius 2 is 2.40 bits per heavy atom. The van der Waals surface area contributed by atoms with Gasteiger partial charge >= 0.3 is 0 Å². The van der Waals surface area contributed by atoms with E-state index in [2.05, 4.69) is 18.2 Å². The number of ether oxygens (including phenoxy) is 2. The zero-order valence-electron chi connectivity index (χ0n) is 9.03. The highest BCUT2D eigenvalue weighted by Crippen LogP contribution is 2.51. The molecule has 2 aliphatic rings. The molecule has 0 aromatic heterocycles. The third-order valence-corrected chi connectivity index (χ3v) is 3.77. The summed E-state index contributed by atoms with van der Waals surface area (Å²) in [5.74, 6) is 1.72. The van der Waals surface area contributed by atoms with Crippen molar-refractivity contribution in [2.45, 2.75) is 24.9 Å². The summed E-state index contributed by atoms with van der Waals surface area (Å²) in [4.78, 5) is 0. The summed E-state index contributed by atoms with van der Waals surface area (Å²) in [6, 6.07) is 8.32. The lowest BCUT2D eigenvalue weighted by Gasteiger charge is -2.27. The maximum absolute atomic E-state index is 5.97. The van der Waals surface area contributed by atoms with Crippen molar-refractivity contribution in [1.29, 1.82) is 0 Å². The average Bonchev–Trinajstić information content (AvgIpc) is 2.90. The van der Waals surface area contributed by atoms with Crippen LogP contribution in [0.1, 0.15) is 24.8 Å². The summed E-state index contributed by atoms with van der Waals surface area (Å²) >= 11 is 0. The Morgan fingerprint density at radius 1 is 1.47 bits per heavy atom. The predicted octanol–water partition coefficient (Wildman–Crippen LogP) is 2.72. The summed E-state index contributed by atoms with van der Waals surface area (Å²) < 4.78 is 11.2. The topological polar surface area (TPSA) is 18.5 Å². The van der Waals surface area contributed by atoms with Gasteiger partial charge in [-0.3, -0.25) is 0 Å². The zero-order chi connectivity index (χ0) is 10.3. The zero-order valence-corrected chi connectivity index (χ0v) is 9.03.